The van der Waals surface area contributed by atoms with Gasteiger partial charge >= 0.3 is 0 Å². The number of amides is 3. The average Bonchev–Trinajstić information content (AvgIpc) is 2.98. The Labute approximate surface area is 160 Å². The smallest absolute Gasteiger partial charge is 0.260 e. The highest BCUT2D eigenvalue weighted by atomic mass is 16.2. The normalized spacial score (nSPS) is 18.6. The van der Waals surface area contributed by atoms with Crippen LogP contribution in [0.5, 0.6) is 0 Å². The molecule has 28 heavy (non-hydrogen) atoms. The Morgan fingerprint density at radius 2 is 2.00 bits per heavy atom. The predicted octanol–water partition coefficient (Wildman–Crippen LogP) is 1.99. The Bertz CT molecular complexity index is 1140. The van der Waals surface area contributed by atoms with Crippen molar-refractivity contribution in [2.45, 2.75) is 25.3 Å². The summed E-state index contributed by atoms with van der Waals surface area (Å²) in [6.07, 6.45) is 6.44. The number of nitrogens with one attached hydrogen (secondary N) is 1. The van der Waals surface area contributed by atoms with Crippen LogP contribution in [0.1, 0.15) is 34.3 Å². The first-order valence-corrected chi connectivity index (χ1v) is 9.10. The van der Waals surface area contributed by atoms with Gasteiger partial charge in [0.2, 0.25) is 11.8 Å². The molecule has 1 aromatic carbocycles. The van der Waals surface area contributed by atoms with E-state index in [1.807, 2.05) is 30.5 Å². The highest BCUT2D eigenvalue weighted by Crippen LogP contribution is 2.39. The van der Waals surface area contributed by atoms with E-state index in [0.717, 1.165) is 21.9 Å². The van der Waals surface area contributed by atoms with Crippen LogP contribution in [0.3, 0.4) is 0 Å². The first-order chi connectivity index (χ1) is 13.6. The number of imide groups is 1. The Kier molecular flexibility index (Phi) is 3.68. The molecule has 5 rings (SSSR count). The van der Waals surface area contributed by atoms with Gasteiger partial charge in [-0.3, -0.25) is 29.6 Å². The highest BCUT2D eigenvalue weighted by molar-refractivity contribution is 6.26. The maximum absolute atomic E-state index is 13.1. The van der Waals surface area contributed by atoms with Crippen LogP contribution >= 0.6 is 0 Å². The summed E-state index contributed by atoms with van der Waals surface area (Å²) in [5.74, 6) is -0.525. The second-order valence-electron chi connectivity index (χ2n) is 7.02. The zero-order valence-electron chi connectivity index (χ0n) is 14.9. The van der Waals surface area contributed by atoms with Gasteiger partial charge in [0.05, 0.1) is 5.56 Å². The van der Waals surface area contributed by atoms with E-state index in [1.54, 1.807) is 18.5 Å². The summed E-state index contributed by atoms with van der Waals surface area (Å²) in [6, 6.07) is 8.73. The molecule has 0 aliphatic carbocycles. The number of anilines is 1. The third-order valence-electron chi connectivity index (χ3n) is 5.29. The Balaban J connectivity index is 1.61. The van der Waals surface area contributed by atoms with Crippen molar-refractivity contribution in [1.29, 1.82) is 0 Å². The maximum Gasteiger partial charge on any atom is 0.260 e. The van der Waals surface area contributed by atoms with Crippen molar-refractivity contribution in [2.24, 2.45) is 0 Å². The highest BCUT2D eigenvalue weighted by Gasteiger charge is 2.41. The molecule has 0 radical (unpaired) electrons. The summed E-state index contributed by atoms with van der Waals surface area (Å²) in [5.41, 5.74) is 2.58. The zero-order chi connectivity index (χ0) is 19.3. The molecule has 2 aromatic heterocycles. The van der Waals surface area contributed by atoms with E-state index in [-0.39, 0.29) is 18.2 Å². The van der Waals surface area contributed by atoms with Crippen LogP contribution < -0.4 is 10.2 Å². The van der Waals surface area contributed by atoms with Gasteiger partial charge in [0, 0.05) is 36.8 Å². The van der Waals surface area contributed by atoms with Gasteiger partial charge in [0.15, 0.2) is 0 Å². The molecule has 1 N–H and O–H groups in total. The molecule has 7 heteroatoms. The minimum atomic E-state index is -0.725. The number of hydrogen-bond acceptors (Lipinski definition) is 5. The quantitative estimate of drug-likeness (QED) is 0.710. The molecule has 3 aromatic rings. The minimum Gasteiger partial charge on any atom is -0.295 e. The first-order valence-electron chi connectivity index (χ1n) is 9.10. The van der Waals surface area contributed by atoms with Gasteiger partial charge in [-0.15, -0.1) is 0 Å². The number of aromatic nitrogens is 2. The molecule has 1 saturated heterocycles. The van der Waals surface area contributed by atoms with Crippen LogP contribution in [-0.2, 0) is 16.0 Å². The number of nitrogens with zero attached hydrogens (tertiary/aromatic N) is 3. The van der Waals surface area contributed by atoms with Crippen molar-refractivity contribution >= 4 is 34.3 Å². The van der Waals surface area contributed by atoms with Crippen LogP contribution in [0, 0.1) is 0 Å². The van der Waals surface area contributed by atoms with Gasteiger partial charge in [-0.25, -0.2) is 4.98 Å². The number of rotatable bonds is 3. The van der Waals surface area contributed by atoms with Gasteiger partial charge < -0.3 is 0 Å². The van der Waals surface area contributed by atoms with Crippen molar-refractivity contribution in [3.05, 3.63) is 65.6 Å². The van der Waals surface area contributed by atoms with Gasteiger partial charge in [-0.2, -0.15) is 0 Å². The van der Waals surface area contributed by atoms with Crippen molar-refractivity contribution in [3.8, 4) is 0 Å². The number of piperidine rings is 1. The lowest BCUT2D eigenvalue weighted by atomic mass is 9.99. The summed E-state index contributed by atoms with van der Waals surface area (Å²) in [6.45, 7) is 0. The number of pyridine rings is 2. The fourth-order valence-electron chi connectivity index (χ4n) is 4.00. The van der Waals surface area contributed by atoms with Crippen molar-refractivity contribution in [3.63, 3.8) is 0 Å². The van der Waals surface area contributed by atoms with E-state index in [1.165, 1.54) is 4.90 Å². The standard InChI is InChI=1S/C21H16N4O3/c26-17-7-6-16(20(27)24-17)25-19-18-14(4-1-5-15(18)21(25)28)13(11-23-19)9-12-3-2-8-22-10-12/h1-5,8,10-11,16H,6-7,9H2,(H,24,26,27). The monoisotopic (exact) mass is 372 g/mol. The van der Waals surface area contributed by atoms with E-state index in [0.29, 0.717) is 24.2 Å². The molecule has 4 heterocycles. The average molecular weight is 372 g/mol. The molecule has 1 fully saturated rings. The number of carbonyl (C=O) groups excluding carboxylic acids is 3. The second kappa shape index (κ2) is 6.23. The third-order valence-corrected chi connectivity index (χ3v) is 5.29. The molecular formula is C21H16N4O3. The van der Waals surface area contributed by atoms with Crippen molar-refractivity contribution in [1.82, 2.24) is 15.3 Å². The summed E-state index contributed by atoms with van der Waals surface area (Å²) in [5, 5.41) is 4.03. The van der Waals surface area contributed by atoms with E-state index in [9.17, 15) is 14.4 Å². The van der Waals surface area contributed by atoms with Gasteiger partial charge in [-0.05, 0) is 35.1 Å². The SMILES string of the molecule is O=C1CCC(N2C(=O)c3cccc4c(Cc5cccnc5)cnc2c34)C(=O)N1. The van der Waals surface area contributed by atoms with E-state index in [4.69, 9.17) is 0 Å². The molecule has 7 nitrogen and oxygen atoms in total. The summed E-state index contributed by atoms with van der Waals surface area (Å²) in [7, 11) is 0. The van der Waals surface area contributed by atoms with Gasteiger partial charge in [0.25, 0.3) is 5.91 Å². The lowest BCUT2D eigenvalue weighted by molar-refractivity contribution is -0.134. The second-order valence-corrected chi connectivity index (χ2v) is 7.02. The van der Waals surface area contributed by atoms with E-state index in [2.05, 4.69) is 15.3 Å². The number of benzene rings is 1. The van der Waals surface area contributed by atoms with Crippen LogP contribution in [-0.4, -0.2) is 33.7 Å². The van der Waals surface area contributed by atoms with Crippen LogP contribution in [0.25, 0.3) is 10.8 Å². The molecular weight excluding hydrogens is 356 g/mol. The fraction of sp³-hybridized carbons (Fsp3) is 0.190. The zero-order valence-corrected chi connectivity index (χ0v) is 14.9. The molecule has 1 atom stereocenters. The molecule has 0 spiro atoms. The predicted molar refractivity (Wildman–Crippen MR) is 102 cm³/mol. The first kappa shape index (κ1) is 16.6. The van der Waals surface area contributed by atoms with Gasteiger partial charge in [0.1, 0.15) is 11.9 Å². The van der Waals surface area contributed by atoms with Crippen LogP contribution in [0.4, 0.5) is 5.82 Å². The van der Waals surface area contributed by atoms with Crippen molar-refractivity contribution < 1.29 is 14.4 Å². The summed E-state index contributed by atoms with van der Waals surface area (Å²) >= 11 is 0. The van der Waals surface area contributed by atoms with Crippen molar-refractivity contribution in [2.75, 3.05) is 4.90 Å². The van der Waals surface area contributed by atoms with Crippen LogP contribution in [0.15, 0.2) is 48.9 Å². The molecule has 2 aliphatic heterocycles. The molecule has 2 aliphatic rings. The number of hydrogen-bond donors (Lipinski definition) is 1. The maximum atomic E-state index is 13.1. The molecule has 1 unspecified atom stereocenters. The third kappa shape index (κ3) is 2.47. The molecule has 3 amide bonds. The molecule has 0 saturated carbocycles. The molecule has 0 bridgehead atoms. The Morgan fingerprint density at radius 1 is 1.11 bits per heavy atom. The Morgan fingerprint density at radius 3 is 2.79 bits per heavy atom. The fourth-order valence-corrected chi connectivity index (χ4v) is 4.00. The summed E-state index contributed by atoms with van der Waals surface area (Å²) in [4.78, 5) is 47.1. The minimum absolute atomic E-state index is 0.207. The largest absolute Gasteiger partial charge is 0.295 e. The van der Waals surface area contributed by atoms with E-state index >= 15 is 0 Å². The summed E-state index contributed by atoms with van der Waals surface area (Å²) < 4.78 is 0. The Hall–Kier alpha value is -3.61. The van der Waals surface area contributed by atoms with E-state index < -0.39 is 11.9 Å². The number of carbonyl (C=O) groups is 3. The topological polar surface area (TPSA) is 92.3 Å². The lowest BCUT2D eigenvalue weighted by Gasteiger charge is -2.29. The lowest BCUT2D eigenvalue weighted by Crippen LogP contribution is -2.53. The van der Waals surface area contributed by atoms with Gasteiger partial charge in [-0.1, -0.05) is 18.2 Å². The van der Waals surface area contributed by atoms with Crippen LogP contribution in [0.2, 0.25) is 0 Å². The molecule has 138 valence electrons.